The van der Waals surface area contributed by atoms with Crippen molar-refractivity contribution in [3.05, 3.63) is 132 Å². The third-order valence-electron chi connectivity index (χ3n) is 6.42. The molecule has 0 radical (unpaired) electrons. The maximum atomic E-state index is 13.6. The van der Waals surface area contributed by atoms with Crippen molar-refractivity contribution in [2.45, 2.75) is 24.4 Å². The summed E-state index contributed by atoms with van der Waals surface area (Å²) in [7, 11) is 0. The second-order valence-corrected chi connectivity index (χ2v) is 8.59. The second kappa shape index (κ2) is 9.34. The van der Waals surface area contributed by atoms with Crippen molar-refractivity contribution in [2.24, 2.45) is 0 Å². The van der Waals surface area contributed by atoms with E-state index < -0.39 is 11.7 Å². The maximum Gasteiger partial charge on any atom is 0.418 e. The molecular weight excluding hydrogens is 445 g/mol. The molecule has 5 heteroatoms. The van der Waals surface area contributed by atoms with E-state index in [1.165, 1.54) is 11.6 Å². The molecule has 1 fully saturated rings. The summed E-state index contributed by atoms with van der Waals surface area (Å²) in [5.74, 6) is 0. The monoisotopic (exact) mass is 468 g/mol. The Balaban J connectivity index is 0.000000371. The Kier molecular flexibility index (Phi) is 6.08. The number of hydrogen-bond acceptors (Lipinski definition) is 2. The molecule has 2 nitrogen and oxygen atoms in total. The lowest BCUT2D eigenvalue weighted by Gasteiger charge is -2.22. The Morgan fingerprint density at radius 3 is 1.86 bits per heavy atom. The van der Waals surface area contributed by atoms with Crippen LogP contribution in [0.3, 0.4) is 0 Å². The number of benzene rings is 3. The minimum absolute atomic E-state index is 0.00599. The van der Waals surface area contributed by atoms with Gasteiger partial charge in [-0.3, -0.25) is 9.97 Å². The normalized spacial score (nSPS) is 14.1. The molecule has 5 aromatic rings. The summed E-state index contributed by atoms with van der Waals surface area (Å²) in [6, 6.07) is 29.9. The van der Waals surface area contributed by atoms with Crippen molar-refractivity contribution < 1.29 is 13.2 Å². The van der Waals surface area contributed by atoms with Gasteiger partial charge in [-0.05, 0) is 53.3 Å². The predicted molar refractivity (Wildman–Crippen MR) is 133 cm³/mol. The largest absolute Gasteiger partial charge is 0.418 e. The summed E-state index contributed by atoms with van der Waals surface area (Å²) in [4.78, 5) is 8.13. The molecule has 1 aliphatic carbocycles. The zero-order valence-electron chi connectivity index (χ0n) is 18.9. The van der Waals surface area contributed by atoms with Crippen LogP contribution in [0.4, 0.5) is 13.2 Å². The first-order chi connectivity index (χ1) is 17.0. The predicted octanol–water partition coefficient (Wildman–Crippen LogP) is 8.08. The zero-order valence-corrected chi connectivity index (χ0v) is 18.9. The van der Waals surface area contributed by atoms with Crippen LogP contribution in [-0.2, 0) is 11.6 Å². The van der Waals surface area contributed by atoms with Gasteiger partial charge in [-0.2, -0.15) is 13.2 Å². The third-order valence-corrected chi connectivity index (χ3v) is 6.42. The summed E-state index contributed by atoms with van der Waals surface area (Å²) in [6.07, 6.45) is 2.64. The number of pyridine rings is 2. The van der Waals surface area contributed by atoms with Crippen LogP contribution in [0.15, 0.2) is 116 Å². The van der Waals surface area contributed by atoms with E-state index in [0.717, 1.165) is 35.6 Å². The van der Waals surface area contributed by atoms with Gasteiger partial charge >= 0.3 is 6.18 Å². The van der Waals surface area contributed by atoms with Gasteiger partial charge in [0.1, 0.15) is 0 Å². The highest BCUT2D eigenvalue weighted by atomic mass is 19.4. The molecule has 0 unspecified atom stereocenters. The molecule has 174 valence electrons. The number of nitrogens with zero attached hydrogens (tertiary/aromatic N) is 2. The van der Waals surface area contributed by atoms with E-state index in [0.29, 0.717) is 5.39 Å². The van der Waals surface area contributed by atoms with Crippen LogP contribution in [0.25, 0.3) is 22.0 Å². The molecule has 1 aliphatic rings. The Morgan fingerprint density at radius 2 is 1.31 bits per heavy atom. The molecule has 0 aliphatic heterocycles. The SMILES string of the molecule is FC(F)(F)c1cccc2c(-c3ccccc3)c(C3(c4ccccc4)CC3)cnc12.c1ccncc1. The van der Waals surface area contributed by atoms with E-state index >= 15 is 0 Å². The molecule has 0 atom stereocenters. The second-order valence-electron chi connectivity index (χ2n) is 8.59. The Morgan fingerprint density at radius 1 is 0.686 bits per heavy atom. The average Bonchev–Trinajstić information content (AvgIpc) is 3.71. The topological polar surface area (TPSA) is 25.8 Å². The molecule has 6 rings (SSSR count). The number of para-hydroxylation sites is 1. The summed E-state index contributed by atoms with van der Waals surface area (Å²) < 4.78 is 40.9. The van der Waals surface area contributed by atoms with Gasteiger partial charge in [0, 0.05) is 29.4 Å². The van der Waals surface area contributed by atoms with E-state index in [-0.39, 0.29) is 10.9 Å². The van der Waals surface area contributed by atoms with Gasteiger partial charge in [0.15, 0.2) is 0 Å². The Bertz CT molecular complexity index is 1390. The van der Waals surface area contributed by atoms with Gasteiger partial charge in [-0.1, -0.05) is 78.9 Å². The van der Waals surface area contributed by atoms with Crippen molar-refractivity contribution in [3.8, 4) is 11.1 Å². The molecular formula is C30H23F3N2. The number of alkyl halides is 3. The molecule has 0 N–H and O–H groups in total. The fourth-order valence-corrected chi connectivity index (χ4v) is 4.64. The minimum atomic E-state index is -4.45. The van der Waals surface area contributed by atoms with E-state index in [4.69, 9.17) is 0 Å². The van der Waals surface area contributed by atoms with Crippen molar-refractivity contribution >= 4 is 10.9 Å². The fourth-order valence-electron chi connectivity index (χ4n) is 4.64. The fraction of sp³-hybridized carbons (Fsp3) is 0.133. The van der Waals surface area contributed by atoms with Crippen molar-refractivity contribution in [1.29, 1.82) is 0 Å². The van der Waals surface area contributed by atoms with Gasteiger partial charge in [0.05, 0.1) is 11.1 Å². The Hall–Kier alpha value is -3.99. The molecule has 2 aromatic heterocycles. The molecule has 3 aromatic carbocycles. The standard InChI is InChI=1S/C25H18F3N.C5H5N/c26-25(27,28)20-13-7-12-19-22(17-8-3-1-4-9-17)21(16-29-23(19)20)24(14-15-24)18-10-5-2-6-11-18;1-2-4-6-5-3-1/h1-13,16H,14-15H2;1-5H. The number of rotatable bonds is 3. The van der Waals surface area contributed by atoms with Crippen molar-refractivity contribution in [2.75, 3.05) is 0 Å². The smallest absolute Gasteiger partial charge is 0.265 e. The van der Waals surface area contributed by atoms with Crippen molar-refractivity contribution in [1.82, 2.24) is 9.97 Å². The van der Waals surface area contributed by atoms with Crippen LogP contribution in [-0.4, -0.2) is 9.97 Å². The summed E-state index contributed by atoms with van der Waals surface area (Å²) in [5, 5.41) is 0.547. The van der Waals surface area contributed by atoms with Crippen LogP contribution >= 0.6 is 0 Å². The molecule has 0 amide bonds. The highest BCUT2D eigenvalue weighted by Gasteiger charge is 2.48. The minimum Gasteiger partial charge on any atom is -0.265 e. The summed E-state index contributed by atoms with van der Waals surface area (Å²) in [6.45, 7) is 0. The van der Waals surface area contributed by atoms with E-state index in [1.807, 2.05) is 66.7 Å². The molecule has 0 saturated heterocycles. The number of halogens is 3. The van der Waals surface area contributed by atoms with Crippen LogP contribution in [0.2, 0.25) is 0 Å². The van der Waals surface area contributed by atoms with Crippen molar-refractivity contribution in [3.63, 3.8) is 0 Å². The number of aromatic nitrogens is 2. The van der Waals surface area contributed by atoms with E-state index in [2.05, 4.69) is 22.1 Å². The van der Waals surface area contributed by atoms with Crippen LogP contribution in [0.5, 0.6) is 0 Å². The third kappa shape index (κ3) is 4.54. The van der Waals surface area contributed by atoms with Gasteiger partial charge in [-0.25, -0.2) is 0 Å². The lowest BCUT2D eigenvalue weighted by molar-refractivity contribution is -0.136. The van der Waals surface area contributed by atoms with Gasteiger partial charge in [0.2, 0.25) is 0 Å². The van der Waals surface area contributed by atoms with E-state index in [1.54, 1.807) is 24.7 Å². The van der Waals surface area contributed by atoms with Gasteiger partial charge < -0.3 is 0 Å². The number of fused-ring (bicyclic) bond motifs is 1. The first-order valence-corrected chi connectivity index (χ1v) is 11.5. The molecule has 35 heavy (non-hydrogen) atoms. The van der Waals surface area contributed by atoms with E-state index in [9.17, 15) is 13.2 Å². The Labute approximate surface area is 202 Å². The van der Waals surface area contributed by atoms with Crippen LogP contribution < -0.4 is 0 Å². The molecule has 0 bridgehead atoms. The molecule has 2 heterocycles. The summed E-state index contributed by atoms with van der Waals surface area (Å²) >= 11 is 0. The van der Waals surface area contributed by atoms with Gasteiger partial charge in [-0.15, -0.1) is 0 Å². The molecule has 1 saturated carbocycles. The van der Waals surface area contributed by atoms with Crippen LogP contribution in [0, 0.1) is 0 Å². The zero-order chi connectivity index (χ0) is 24.3. The van der Waals surface area contributed by atoms with Gasteiger partial charge in [0.25, 0.3) is 0 Å². The lowest BCUT2D eigenvalue weighted by atomic mass is 9.82. The maximum absolute atomic E-state index is 13.6. The summed E-state index contributed by atoms with van der Waals surface area (Å²) in [5.41, 5.74) is 3.07. The van der Waals surface area contributed by atoms with Crippen LogP contribution in [0.1, 0.15) is 29.5 Å². The molecule has 0 spiro atoms. The first-order valence-electron chi connectivity index (χ1n) is 11.5. The lowest BCUT2D eigenvalue weighted by Crippen LogP contribution is -2.13. The quantitative estimate of drug-likeness (QED) is 0.267. The number of hydrogen-bond donors (Lipinski definition) is 0. The highest BCUT2D eigenvalue weighted by Crippen LogP contribution is 2.56. The average molecular weight is 469 g/mol. The first kappa shape index (κ1) is 22.8. The highest BCUT2D eigenvalue weighted by molar-refractivity contribution is 5.98.